The molecule has 9 nitrogen and oxygen atoms in total. The molecule has 0 atom stereocenters. The van der Waals surface area contributed by atoms with Gasteiger partial charge in [-0.1, -0.05) is 44.2 Å². The van der Waals surface area contributed by atoms with Crippen molar-refractivity contribution >= 4 is 56.4 Å². The highest BCUT2D eigenvalue weighted by Gasteiger charge is 2.43. The third-order valence-corrected chi connectivity index (χ3v) is 9.59. The van der Waals surface area contributed by atoms with E-state index >= 15 is 0 Å². The normalized spacial score (nSPS) is 17.9. The lowest BCUT2D eigenvalue weighted by molar-refractivity contribution is -0.401. The molecule has 5 rings (SSSR count). The molecule has 2 aliphatic heterocycles. The molecular formula is C32H36Cl2N6O3S. The number of para-hydroxylation sites is 1. The van der Waals surface area contributed by atoms with Crippen LogP contribution in [0.1, 0.15) is 57.2 Å². The second-order valence-corrected chi connectivity index (χ2v) is 14.3. The van der Waals surface area contributed by atoms with Gasteiger partial charge in [0, 0.05) is 53.3 Å². The van der Waals surface area contributed by atoms with Crippen molar-refractivity contribution in [3.05, 3.63) is 93.6 Å². The van der Waals surface area contributed by atoms with E-state index < -0.39 is 10.1 Å². The lowest BCUT2D eigenvalue weighted by Crippen LogP contribution is -2.28. The van der Waals surface area contributed by atoms with Crippen LogP contribution in [-0.4, -0.2) is 57.6 Å². The Morgan fingerprint density at radius 2 is 1.68 bits per heavy atom. The van der Waals surface area contributed by atoms with Crippen LogP contribution in [0.25, 0.3) is 0 Å². The number of halogens is 2. The predicted octanol–water partition coefficient (Wildman–Crippen LogP) is 6.36. The average Bonchev–Trinajstić information content (AvgIpc) is 3.27. The minimum Gasteiger partial charge on any atom is -0.748 e. The second-order valence-electron chi connectivity index (χ2n) is 12.1. The fourth-order valence-electron chi connectivity index (χ4n) is 6.24. The van der Waals surface area contributed by atoms with Crippen molar-refractivity contribution in [3.8, 4) is 0 Å². The van der Waals surface area contributed by atoms with E-state index in [1.54, 1.807) is 0 Å². The van der Waals surface area contributed by atoms with Gasteiger partial charge in [0.05, 0.1) is 15.5 Å². The van der Waals surface area contributed by atoms with Crippen molar-refractivity contribution in [1.82, 2.24) is 15.0 Å². The van der Waals surface area contributed by atoms with Crippen LogP contribution >= 0.6 is 23.2 Å². The van der Waals surface area contributed by atoms with Crippen LogP contribution in [-0.2, 0) is 27.5 Å². The molecule has 0 spiro atoms. The standard InChI is InChI=1S/C32H36Cl2N6O3S/c1-31(2)22-11-6-7-12-25(22)40(17-8-9-18-44(41,42)43)27(31)14-10-13-26-32(3,4)23-19-21(15-16-24(23)39(26)5)20-35-30-37-28(33)36-29(34)38-30/h6-7,10-16,19H,8-9,17-18,20H2,1-5H3,(H-,35,36,37,38,41,42,43). The van der Waals surface area contributed by atoms with E-state index in [0.29, 0.717) is 31.9 Å². The van der Waals surface area contributed by atoms with E-state index in [1.807, 2.05) is 12.1 Å². The van der Waals surface area contributed by atoms with Gasteiger partial charge in [0.25, 0.3) is 0 Å². The predicted molar refractivity (Wildman–Crippen MR) is 175 cm³/mol. The summed E-state index contributed by atoms with van der Waals surface area (Å²) in [5.74, 6) is -0.0279. The summed E-state index contributed by atoms with van der Waals surface area (Å²) in [5.41, 5.74) is 7.53. The summed E-state index contributed by atoms with van der Waals surface area (Å²) < 4.78 is 35.6. The van der Waals surface area contributed by atoms with Crippen molar-refractivity contribution in [2.24, 2.45) is 0 Å². The van der Waals surface area contributed by atoms with Crippen LogP contribution in [0, 0.1) is 0 Å². The number of unbranched alkanes of at least 4 members (excludes halogenated alkanes) is 1. The Hall–Kier alpha value is -3.31. The number of rotatable bonds is 10. The summed E-state index contributed by atoms with van der Waals surface area (Å²) in [6.07, 6.45) is 7.36. The van der Waals surface area contributed by atoms with Gasteiger partial charge in [0.2, 0.25) is 22.2 Å². The van der Waals surface area contributed by atoms with E-state index in [1.165, 1.54) is 11.1 Å². The van der Waals surface area contributed by atoms with E-state index in [4.69, 9.17) is 23.2 Å². The number of nitrogens with zero attached hydrogens (tertiary/aromatic N) is 5. The quantitative estimate of drug-likeness (QED) is 0.153. The van der Waals surface area contributed by atoms with E-state index in [2.05, 4.69) is 113 Å². The summed E-state index contributed by atoms with van der Waals surface area (Å²) in [6.45, 7) is 9.97. The molecule has 1 N–H and O–H groups in total. The Morgan fingerprint density at radius 1 is 0.977 bits per heavy atom. The van der Waals surface area contributed by atoms with Gasteiger partial charge in [-0.05, 0) is 79.2 Å². The fraction of sp³-hybridized carbons (Fsp3) is 0.375. The highest BCUT2D eigenvalue weighted by Crippen LogP contribution is 2.48. The molecule has 44 heavy (non-hydrogen) atoms. The number of hydrogen-bond donors (Lipinski definition) is 1. The molecule has 0 amide bonds. The fourth-order valence-corrected chi connectivity index (χ4v) is 7.16. The molecule has 0 radical (unpaired) electrons. The minimum absolute atomic E-state index is 0.0351. The third kappa shape index (κ3) is 6.54. The number of benzene rings is 2. The Balaban J connectivity index is 1.37. The van der Waals surface area contributed by atoms with Crippen LogP contribution < -0.4 is 10.2 Å². The van der Waals surface area contributed by atoms with E-state index in [9.17, 15) is 13.0 Å². The van der Waals surface area contributed by atoms with Crippen LogP contribution in [0.15, 0.2) is 66.4 Å². The van der Waals surface area contributed by atoms with Crippen molar-refractivity contribution in [2.75, 3.05) is 29.6 Å². The summed E-state index contributed by atoms with van der Waals surface area (Å²) in [4.78, 5) is 14.2. The maximum absolute atomic E-state index is 11.1. The van der Waals surface area contributed by atoms with Gasteiger partial charge in [-0.2, -0.15) is 19.5 Å². The van der Waals surface area contributed by atoms with Crippen molar-refractivity contribution in [3.63, 3.8) is 0 Å². The number of anilines is 2. The van der Waals surface area contributed by atoms with Gasteiger partial charge in [0.1, 0.15) is 7.05 Å². The molecule has 0 bridgehead atoms. The van der Waals surface area contributed by atoms with Crippen LogP contribution in [0.4, 0.5) is 17.3 Å². The smallest absolute Gasteiger partial charge is 0.228 e. The molecule has 2 aliphatic rings. The Morgan fingerprint density at radius 3 is 2.39 bits per heavy atom. The SMILES string of the molecule is C[N+]1=C(C=CC=C2N(CCCCS(=O)(=O)[O-])c3ccccc3C2(C)C)C(C)(C)c2cc(CNc3nc(Cl)nc(Cl)n3)ccc21. The first-order valence-corrected chi connectivity index (χ1v) is 16.8. The van der Waals surface area contributed by atoms with E-state index in [-0.39, 0.29) is 27.2 Å². The van der Waals surface area contributed by atoms with Gasteiger partial charge in [-0.3, -0.25) is 0 Å². The summed E-state index contributed by atoms with van der Waals surface area (Å²) >= 11 is 11.8. The van der Waals surface area contributed by atoms with Crippen molar-refractivity contribution in [1.29, 1.82) is 0 Å². The zero-order valence-electron chi connectivity index (χ0n) is 25.4. The van der Waals surface area contributed by atoms with Gasteiger partial charge < -0.3 is 14.8 Å². The number of fused-ring (bicyclic) bond motifs is 2. The van der Waals surface area contributed by atoms with Crippen molar-refractivity contribution < 1.29 is 17.5 Å². The molecule has 232 valence electrons. The van der Waals surface area contributed by atoms with Gasteiger partial charge in [0.15, 0.2) is 5.71 Å². The Labute approximate surface area is 269 Å². The molecule has 3 aromatic rings. The molecule has 0 aliphatic carbocycles. The largest absolute Gasteiger partial charge is 0.748 e. The number of nitrogens with one attached hydrogen (secondary N) is 1. The lowest BCUT2D eigenvalue weighted by atomic mass is 9.80. The maximum Gasteiger partial charge on any atom is 0.228 e. The van der Waals surface area contributed by atoms with Crippen LogP contribution in [0.3, 0.4) is 0 Å². The zero-order chi connectivity index (χ0) is 31.9. The van der Waals surface area contributed by atoms with Gasteiger partial charge in [-0.25, -0.2) is 8.42 Å². The second kappa shape index (κ2) is 12.2. The number of aromatic nitrogens is 3. The molecule has 0 unspecified atom stereocenters. The summed E-state index contributed by atoms with van der Waals surface area (Å²) in [7, 11) is -2.14. The number of allylic oxidation sites excluding steroid dienone is 4. The molecule has 0 saturated carbocycles. The highest BCUT2D eigenvalue weighted by atomic mass is 35.5. The summed E-state index contributed by atoms with van der Waals surface area (Å²) in [5, 5.41) is 3.24. The van der Waals surface area contributed by atoms with E-state index in [0.717, 1.165) is 28.3 Å². The first kappa shape index (κ1) is 32.1. The average molecular weight is 656 g/mol. The van der Waals surface area contributed by atoms with Crippen molar-refractivity contribution in [2.45, 2.75) is 57.9 Å². The monoisotopic (exact) mass is 654 g/mol. The molecule has 2 aromatic carbocycles. The number of hydrogen-bond acceptors (Lipinski definition) is 8. The lowest BCUT2D eigenvalue weighted by Gasteiger charge is -2.27. The maximum atomic E-state index is 11.1. The topological polar surface area (TPSA) is 114 Å². The minimum atomic E-state index is -4.22. The molecule has 1 aromatic heterocycles. The van der Waals surface area contributed by atoms with Crippen LogP contribution in [0.5, 0.6) is 0 Å². The van der Waals surface area contributed by atoms with Gasteiger partial charge >= 0.3 is 0 Å². The molecule has 3 heterocycles. The highest BCUT2D eigenvalue weighted by molar-refractivity contribution is 7.85. The zero-order valence-corrected chi connectivity index (χ0v) is 27.8. The van der Waals surface area contributed by atoms with Crippen LogP contribution in [0.2, 0.25) is 10.6 Å². The Bertz CT molecular complexity index is 1780. The Kier molecular flexibility index (Phi) is 8.92. The molecule has 0 fully saturated rings. The molecular weight excluding hydrogens is 619 g/mol. The first-order chi connectivity index (χ1) is 20.7. The summed E-state index contributed by atoms with van der Waals surface area (Å²) in [6, 6.07) is 14.7. The van der Waals surface area contributed by atoms with Gasteiger partial charge in [-0.15, -0.1) is 0 Å². The first-order valence-electron chi connectivity index (χ1n) is 14.4. The third-order valence-electron chi connectivity index (χ3n) is 8.46. The molecule has 0 saturated heterocycles. The molecule has 12 heteroatoms.